The fraction of sp³-hybridized carbons (Fsp3) is 0.786. The van der Waals surface area contributed by atoms with E-state index in [4.69, 9.17) is 5.11 Å². The van der Waals surface area contributed by atoms with Crippen LogP contribution in [0.1, 0.15) is 52.9 Å². The summed E-state index contributed by atoms with van der Waals surface area (Å²) in [6.07, 6.45) is 2.67. The molecule has 1 unspecified atom stereocenters. The van der Waals surface area contributed by atoms with Crippen molar-refractivity contribution in [1.82, 2.24) is 4.90 Å². The Bertz CT molecular complexity index is 374. The molecular weight excluding hydrogens is 246 g/mol. The molecule has 0 radical (unpaired) electrons. The van der Waals surface area contributed by atoms with E-state index < -0.39 is 17.3 Å². The van der Waals surface area contributed by atoms with E-state index in [9.17, 15) is 14.4 Å². The first-order valence-electron chi connectivity index (χ1n) is 6.99. The predicted molar refractivity (Wildman–Crippen MR) is 70.4 cm³/mol. The van der Waals surface area contributed by atoms with Crippen molar-refractivity contribution < 1.29 is 19.5 Å². The lowest BCUT2D eigenvalue weighted by molar-refractivity contribution is -0.147. The van der Waals surface area contributed by atoms with Crippen LogP contribution in [0, 0.1) is 11.3 Å². The summed E-state index contributed by atoms with van der Waals surface area (Å²) >= 11 is 0. The highest BCUT2D eigenvalue weighted by atomic mass is 16.4. The Morgan fingerprint density at radius 3 is 2.26 bits per heavy atom. The first kappa shape index (κ1) is 15.7. The Balaban J connectivity index is 2.87. The molecule has 0 aliphatic carbocycles. The third-order valence-electron chi connectivity index (χ3n) is 4.23. The Morgan fingerprint density at radius 2 is 1.89 bits per heavy atom. The van der Waals surface area contributed by atoms with Gasteiger partial charge in [0.25, 0.3) is 0 Å². The third kappa shape index (κ3) is 2.96. The van der Waals surface area contributed by atoms with Crippen LogP contribution in [-0.4, -0.2) is 34.3 Å². The van der Waals surface area contributed by atoms with E-state index in [2.05, 4.69) is 0 Å². The largest absolute Gasteiger partial charge is 0.481 e. The topological polar surface area (TPSA) is 74.7 Å². The quantitative estimate of drug-likeness (QED) is 0.718. The molecule has 2 amide bonds. The first-order chi connectivity index (χ1) is 8.91. The molecule has 0 saturated carbocycles. The molecule has 19 heavy (non-hydrogen) atoms. The average Bonchev–Trinajstić information content (AvgIpc) is 2.62. The Kier molecular flexibility index (Phi) is 5.09. The minimum Gasteiger partial charge on any atom is -0.481 e. The molecule has 1 atom stereocenters. The van der Waals surface area contributed by atoms with Crippen LogP contribution in [0.25, 0.3) is 0 Å². The van der Waals surface area contributed by atoms with E-state index in [0.717, 1.165) is 6.42 Å². The zero-order valence-corrected chi connectivity index (χ0v) is 11.9. The van der Waals surface area contributed by atoms with Gasteiger partial charge in [-0.15, -0.1) is 0 Å². The van der Waals surface area contributed by atoms with Crippen molar-refractivity contribution in [3.63, 3.8) is 0 Å². The number of amides is 2. The number of imide groups is 1. The lowest BCUT2D eigenvalue weighted by Crippen LogP contribution is -2.40. The summed E-state index contributed by atoms with van der Waals surface area (Å²) in [6.45, 7) is 5.71. The highest BCUT2D eigenvalue weighted by Gasteiger charge is 2.49. The van der Waals surface area contributed by atoms with E-state index in [1.807, 2.05) is 20.8 Å². The van der Waals surface area contributed by atoms with Crippen LogP contribution in [0.2, 0.25) is 0 Å². The van der Waals surface area contributed by atoms with Crippen LogP contribution in [0.3, 0.4) is 0 Å². The molecule has 1 saturated heterocycles. The molecule has 1 fully saturated rings. The lowest BCUT2D eigenvalue weighted by Gasteiger charge is -2.25. The molecule has 1 aliphatic rings. The number of carboxylic acid groups (broad SMARTS) is 1. The normalized spacial score (nSPS) is 19.8. The molecule has 5 heteroatoms. The average molecular weight is 269 g/mol. The van der Waals surface area contributed by atoms with Gasteiger partial charge in [0.15, 0.2) is 0 Å². The highest BCUT2D eigenvalue weighted by Crippen LogP contribution is 2.39. The van der Waals surface area contributed by atoms with Gasteiger partial charge in [-0.1, -0.05) is 27.2 Å². The number of nitrogens with zero attached hydrogens (tertiary/aromatic N) is 1. The van der Waals surface area contributed by atoms with Crippen molar-refractivity contribution >= 4 is 17.8 Å². The fourth-order valence-corrected chi connectivity index (χ4v) is 2.71. The number of likely N-dealkylation sites (tertiary alicyclic amines) is 1. The van der Waals surface area contributed by atoms with Gasteiger partial charge in [0.2, 0.25) is 11.8 Å². The summed E-state index contributed by atoms with van der Waals surface area (Å²) in [6, 6.07) is 0. The molecule has 0 bridgehead atoms. The van der Waals surface area contributed by atoms with Crippen LogP contribution in [0.4, 0.5) is 0 Å². The molecule has 1 rings (SSSR count). The minimum atomic E-state index is -0.937. The van der Waals surface area contributed by atoms with Crippen molar-refractivity contribution in [2.45, 2.75) is 52.9 Å². The van der Waals surface area contributed by atoms with Crippen LogP contribution in [0.15, 0.2) is 0 Å². The fourth-order valence-electron chi connectivity index (χ4n) is 2.71. The summed E-state index contributed by atoms with van der Waals surface area (Å²) < 4.78 is 0. The van der Waals surface area contributed by atoms with E-state index >= 15 is 0 Å². The Hall–Kier alpha value is -1.39. The number of rotatable bonds is 7. The van der Waals surface area contributed by atoms with Crippen molar-refractivity contribution in [3.05, 3.63) is 0 Å². The smallest absolute Gasteiger partial charge is 0.308 e. The van der Waals surface area contributed by atoms with Crippen LogP contribution in [0.5, 0.6) is 0 Å². The SMILES string of the molecule is CCCC(CN1C(=O)CC(CC)(CC)C1=O)C(=O)O. The van der Waals surface area contributed by atoms with Crippen molar-refractivity contribution in [2.24, 2.45) is 11.3 Å². The number of aliphatic carboxylic acids is 1. The van der Waals surface area contributed by atoms with Gasteiger partial charge in [-0.25, -0.2) is 0 Å². The van der Waals surface area contributed by atoms with Gasteiger partial charge in [-0.2, -0.15) is 0 Å². The van der Waals surface area contributed by atoms with E-state index in [0.29, 0.717) is 19.3 Å². The highest BCUT2D eigenvalue weighted by molar-refractivity contribution is 6.06. The second-order valence-corrected chi connectivity index (χ2v) is 5.30. The molecule has 0 aromatic carbocycles. The molecule has 1 aliphatic heterocycles. The van der Waals surface area contributed by atoms with E-state index in [1.165, 1.54) is 4.90 Å². The zero-order chi connectivity index (χ0) is 14.6. The van der Waals surface area contributed by atoms with Gasteiger partial charge in [-0.3, -0.25) is 19.3 Å². The maximum atomic E-state index is 12.4. The number of hydrogen-bond acceptors (Lipinski definition) is 3. The zero-order valence-electron chi connectivity index (χ0n) is 11.9. The monoisotopic (exact) mass is 269 g/mol. The standard InChI is InChI=1S/C14H23NO4/c1-4-7-10(12(17)18)9-15-11(16)8-14(5-2,6-3)13(15)19/h10H,4-9H2,1-3H3,(H,17,18). The summed E-state index contributed by atoms with van der Waals surface area (Å²) in [5.41, 5.74) is -0.605. The summed E-state index contributed by atoms with van der Waals surface area (Å²) in [5, 5.41) is 9.13. The summed E-state index contributed by atoms with van der Waals surface area (Å²) in [4.78, 5) is 36.7. The maximum absolute atomic E-state index is 12.4. The lowest BCUT2D eigenvalue weighted by atomic mass is 9.81. The first-order valence-corrected chi connectivity index (χ1v) is 6.99. The van der Waals surface area contributed by atoms with Gasteiger partial charge in [0.1, 0.15) is 0 Å². The molecule has 1 N–H and O–H groups in total. The van der Waals surface area contributed by atoms with Gasteiger partial charge < -0.3 is 5.11 Å². The number of carbonyl (C=O) groups is 3. The van der Waals surface area contributed by atoms with Crippen molar-refractivity contribution in [2.75, 3.05) is 6.54 Å². The van der Waals surface area contributed by atoms with Crippen molar-refractivity contribution in [1.29, 1.82) is 0 Å². The minimum absolute atomic E-state index is 0.0165. The van der Waals surface area contributed by atoms with E-state index in [-0.39, 0.29) is 24.8 Å². The van der Waals surface area contributed by atoms with Crippen LogP contribution < -0.4 is 0 Å². The predicted octanol–water partition coefficient (Wildman–Crippen LogP) is 2.05. The Morgan fingerprint density at radius 1 is 1.32 bits per heavy atom. The number of carbonyl (C=O) groups excluding carboxylic acids is 2. The number of carboxylic acids is 1. The molecule has 1 heterocycles. The van der Waals surface area contributed by atoms with Crippen LogP contribution >= 0.6 is 0 Å². The van der Waals surface area contributed by atoms with Gasteiger partial charge in [0.05, 0.1) is 11.3 Å². The second-order valence-electron chi connectivity index (χ2n) is 5.30. The van der Waals surface area contributed by atoms with E-state index in [1.54, 1.807) is 0 Å². The maximum Gasteiger partial charge on any atom is 0.308 e. The Labute approximate surface area is 114 Å². The van der Waals surface area contributed by atoms with Crippen molar-refractivity contribution in [3.8, 4) is 0 Å². The molecule has 108 valence electrons. The molecular formula is C14H23NO4. The summed E-state index contributed by atoms with van der Waals surface area (Å²) in [7, 11) is 0. The third-order valence-corrected chi connectivity index (χ3v) is 4.23. The van der Waals surface area contributed by atoms with Crippen LogP contribution in [-0.2, 0) is 14.4 Å². The van der Waals surface area contributed by atoms with Gasteiger partial charge in [0, 0.05) is 13.0 Å². The molecule has 0 spiro atoms. The number of hydrogen-bond donors (Lipinski definition) is 1. The van der Waals surface area contributed by atoms with Gasteiger partial charge in [-0.05, 0) is 19.3 Å². The van der Waals surface area contributed by atoms with Gasteiger partial charge >= 0.3 is 5.97 Å². The molecule has 0 aromatic rings. The molecule has 5 nitrogen and oxygen atoms in total. The summed E-state index contributed by atoms with van der Waals surface area (Å²) in [5.74, 6) is -2.00. The second kappa shape index (κ2) is 6.17. The molecule has 0 aromatic heterocycles.